The lowest BCUT2D eigenvalue weighted by Crippen LogP contribution is -2.22. The Balaban J connectivity index is 2.27. The molecule has 3 rings (SSSR count). The molecule has 0 saturated heterocycles. The summed E-state index contributed by atoms with van der Waals surface area (Å²) in [5, 5.41) is 10.5. The van der Waals surface area contributed by atoms with Gasteiger partial charge in [-0.3, -0.25) is 0 Å². The molecule has 1 aromatic heterocycles. The van der Waals surface area contributed by atoms with Crippen molar-refractivity contribution in [2.75, 3.05) is 0 Å². The van der Waals surface area contributed by atoms with Crippen LogP contribution in [0.4, 0.5) is 0 Å². The molecule has 1 aliphatic carbocycles. The van der Waals surface area contributed by atoms with Gasteiger partial charge in [0.15, 0.2) is 5.82 Å². The lowest BCUT2D eigenvalue weighted by molar-refractivity contribution is 0.476. The summed E-state index contributed by atoms with van der Waals surface area (Å²) in [5.41, 5.74) is 6.24. The third-order valence-electron chi connectivity index (χ3n) is 2.87. The second kappa shape index (κ2) is 3.06. The van der Waals surface area contributed by atoms with Gasteiger partial charge in [0.05, 0.1) is 11.1 Å². The fourth-order valence-corrected chi connectivity index (χ4v) is 1.90. The maximum absolute atomic E-state index is 9.40. The van der Waals surface area contributed by atoms with E-state index in [-0.39, 0.29) is 5.75 Å². The first kappa shape index (κ1) is 9.81. The Labute approximate surface area is 97.1 Å². The van der Waals surface area contributed by atoms with Crippen molar-refractivity contribution < 1.29 is 5.11 Å². The second-order valence-corrected chi connectivity index (χ2v) is 4.55. The predicted octanol–water partition coefficient (Wildman–Crippen LogP) is 1.94. The normalized spacial score (nSPS) is 17.6. The van der Waals surface area contributed by atoms with Crippen LogP contribution < -0.4 is 5.73 Å². The Morgan fingerprint density at radius 1 is 1.31 bits per heavy atom. The number of aromatic nitrogens is 2. The molecule has 1 heterocycles. The van der Waals surface area contributed by atoms with Crippen LogP contribution in [-0.4, -0.2) is 15.1 Å². The smallest absolute Gasteiger partial charge is 0.150 e. The molecule has 0 amide bonds. The van der Waals surface area contributed by atoms with Crippen molar-refractivity contribution in [1.82, 2.24) is 9.97 Å². The molecule has 16 heavy (non-hydrogen) atoms. The van der Waals surface area contributed by atoms with Crippen LogP contribution in [0, 0.1) is 0 Å². The first-order chi connectivity index (χ1) is 7.58. The molecule has 0 atom stereocenters. The standard InChI is InChI=1S/C11H10ClN3O/c12-9-7-2-1-6(16)5-8(7)14-10(15-9)11(13)3-4-11/h1-2,5,16H,3-4,13H2. The Morgan fingerprint density at radius 2 is 2.06 bits per heavy atom. The van der Waals surface area contributed by atoms with Gasteiger partial charge < -0.3 is 10.8 Å². The lowest BCUT2D eigenvalue weighted by Gasteiger charge is -2.09. The molecule has 0 unspecified atom stereocenters. The number of hydrogen-bond donors (Lipinski definition) is 2. The molecule has 0 bridgehead atoms. The molecule has 1 aromatic carbocycles. The molecule has 1 saturated carbocycles. The maximum atomic E-state index is 9.40. The summed E-state index contributed by atoms with van der Waals surface area (Å²) >= 11 is 6.06. The van der Waals surface area contributed by atoms with Crippen molar-refractivity contribution in [3.05, 3.63) is 29.2 Å². The summed E-state index contributed by atoms with van der Waals surface area (Å²) in [5.74, 6) is 0.727. The zero-order valence-electron chi connectivity index (χ0n) is 8.44. The molecule has 2 aromatic rings. The number of phenols is 1. The quantitative estimate of drug-likeness (QED) is 0.741. The van der Waals surface area contributed by atoms with E-state index in [9.17, 15) is 5.11 Å². The number of hydrogen-bond acceptors (Lipinski definition) is 4. The fourth-order valence-electron chi connectivity index (χ4n) is 1.66. The zero-order valence-corrected chi connectivity index (χ0v) is 9.20. The molecule has 3 N–H and O–H groups in total. The highest BCUT2D eigenvalue weighted by Crippen LogP contribution is 2.41. The summed E-state index contributed by atoms with van der Waals surface area (Å²) in [6.45, 7) is 0. The fraction of sp³-hybridized carbons (Fsp3) is 0.273. The number of halogens is 1. The van der Waals surface area contributed by atoms with E-state index in [1.807, 2.05) is 0 Å². The summed E-state index contributed by atoms with van der Waals surface area (Å²) in [6.07, 6.45) is 1.77. The van der Waals surface area contributed by atoms with Gasteiger partial charge in [-0.05, 0) is 25.0 Å². The van der Waals surface area contributed by atoms with Gasteiger partial charge in [0.1, 0.15) is 10.9 Å². The van der Waals surface area contributed by atoms with Crippen molar-refractivity contribution in [3.63, 3.8) is 0 Å². The summed E-state index contributed by atoms with van der Waals surface area (Å²) in [6, 6.07) is 4.83. The highest BCUT2D eigenvalue weighted by Gasteiger charge is 2.43. The summed E-state index contributed by atoms with van der Waals surface area (Å²) in [7, 11) is 0. The Kier molecular flexibility index (Phi) is 1.87. The number of nitrogens with two attached hydrogens (primary N) is 1. The molecule has 5 heteroatoms. The second-order valence-electron chi connectivity index (χ2n) is 4.20. The number of fused-ring (bicyclic) bond motifs is 1. The van der Waals surface area contributed by atoms with Gasteiger partial charge in [0.25, 0.3) is 0 Å². The molecule has 0 radical (unpaired) electrons. The Bertz CT molecular complexity index is 581. The monoisotopic (exact) mass is 235 g/mol. The average molecular weight is 236 g/mol. The van der Waals surface area contributed by atoms with E-state index in [0.29, 0.717) is 16.5 Å². The van der Waals surface area contributed by atoms with Crippen LogP contribution >= 0.6 is 11.6 Å². The van der Waals surface area contributed by atoms with Gasteiger partial charge >= 0.3 is 0 Å². The molecule has 0 aliphatic heterocycles. The summed E-state index contributed by atoms with van der Waals surface area (Å²) < 4.78 is 0. The van der Waals surface area contributed by atoms with E-state index in [2.05, 4.69) is 9.97 Å². The van der Waals surface area contributed by atoms with E-state index in [4.69, 9.17) is 17.3 Å². The van der Waals surface area contributed by atoms with E-state index in [0.717, 1.165) is 18.2 Å². The average Bonchev–Trinajstić information content (AvgIpc) is 2.97. The number of phenolic OH excluding ortho intramolecular Hbond substituents is 1. The van der Waals surface area contributed by atoms with Crippen molar-refractivity contribution in [2.45, 2.75) is 18.4 Å². The van der Waals surface area contributed by atoms with E-state index >= 15 is 0 Å². The van der Waals surface area contributed by atoms with Gasteiger partial charge in [0.2, 0.25) is 0 Å². The number of aromatic hydroxyl groups is 1. The van der Waals surface area contributed by atoms with Gasteiger partial charge in [-0.25, -0.2) is 9.97 Å². The van der Waals surface area contributed by atoms with Crippen molar-refractivity contribution >= 4 is 22.5 Å². The van der Waals surface area contributed by atoms with Gasteiger partial charge in [-0.15, -0.1) is 0 Å². The van der Waals surface area contributed by atoms with Crippen LogP contribution in [0.3, 0.4) is 0 Å². The molecule has 4 nitrogen and oxygen atoms in total. The molecular formula is C11H10ClN3O. The van der Waals surface area contributed by atoms with Crippen molar-refractivity contribution in [1.29, 1.82) is 0 Å². The van der Waals surface area contributed by atoms with Crippen LogP contribution in [0.1, 0.15) is 18.7 Å². The predicted molar refractivity (Wildman–Crippen MR) is 61.3 cm³/mol. The van der Waals surface area contributed by atoms with E-state index in [1.165, 1.54) is 0 Å². The maximum Gasteiger partial charge on any atom is 0.150 e. The first-order valence-electron chi connectivity index (χ1n) is 5.04. The molecule has 0 spiro atoms. The lowest BCUT2D eigenvalue weighted by atomic mass is 10.2. The third-order valence-corrected chi connectivity index (χ3v) is 3.16. The van der Waals surface area contributed by atoms with Crippen molar-refractivity contribution in [2.24, 2.45) is 5.73 Å². The van der Waals surface area contributed by atoms with Gasteiger partial charge in [0, 0.05) is 11.5 Å². The largest absolute Gasteiger partial charge is 0.508 e. The summed E-state index contributed by atoms with van der Waals surface area (Å²) in [4.78, 5) is 8.56. The molecular weight excluding hydrogens is 226 g/mol. The van der Waals surface area contributed by atoms with E-state index < -0.39 is 5.54 Å². The topological polar surface area (TPSA) is 72.0 Å². The van der Waals surface area contributed by atoms with Crippen LogP contribution in [0.25, 0.3) is 10.9 Å². The number of nitrogens with zero attached hydrogens (tertiary/aromatic N) is 2. The SMILES string of the molecule is NC1(c2nc(Cl)c3ccc(O)cc3n2)CC1. The first-order valence-corrected chi connectivity index (χ1v) is 5.42. The van der Waals surface area contributed by atoms with Crippen LogP contribution in [0.2, 0.25) is 5.15 Å². The minimum absolute atomic E-state index is 0.162. The van der Waals surface area contributed by atoms with Gasteiger partial charge in [-0.2, -0.15) is 0 Å². The minimum Gasteiger partial charge on any atom is -0.508 e. The van der Waals surface area contributed by atoms with Crippen LogP contribution in [-0.2, 0) is 5.54 Å². The molecule has 1 aliphatic rings. The van der Waals surface area contributed by atoms with Crippen LogP contribution in [0.5, 0.6) is 5.75 Å². The molecule has 1 fully saturated rings. The Hall–Kier alpha value is -1.39. The highest BCUT2D eigenvalue weighted by atomic mass is 35.5. The third kappa shape index (κ3) is 1.42. The zero-order chi connectivity index (χ0) is 11.3. The number of rotatable bonds is 1. The Morgan fingerprint density at radius 3 is 2.75 bits per heavy atom. The van der Waals surface area contributed by atoms with Gasteiger partial charge in [-0.1, -0.05) is 11.6 Å². The van der Waals surface area contributed by atoms with Crippen LogP contribution in [0.15, 0.2) is 18.2 Å². The molecule has 82 valence electrons. The highest BCUT2D eigenvalue weighted by molar-refractivity contribution is 6.34. The minimum atomic E-state index is -0.413. The van der Waals surface area contributed by atoms with E-state index in [1.54, 1.807) is 18.2 Å². The number of benzene rings is 1. The van der Waals surface area contributed by atoms with Crippen molar-refractivity contribution in [3.8, 4) is 5.75 Å².